The Labute approximate surface area is 96.5 Å². The molecule has 1 aromatic carbocycles. The summed E-state index contributed by atoms with van der Waals surface area (Å²) in [5, 5.41) is 1.27. The summed E-state index contributed by atoms with van der Waals surface area (Å²) in [5.74, 6) is 0.0942. The third kappa shape index (κ3) is 1.92. The van der Waals surface area contributed by atoms with Gasteiger partial charge in [0.25, 0.3) is 0 Å². The van der Waals surface area contributed by atoms with Gasteiger partial charge in [0.2, 0.25) is 0 Å². The Morgan fingerprint density at radius 1 is 1.40 bits per heavy atom. The van der Waals surface area contributed by atoms with Gasteiger partial charge in [-0.2, -0.15) is 0 Å². The molecule has 0 saturated heterocycles. The van der Waals surface area contributed by atoms with Gasteiger partial charge in [0, 0.05) is 16.6 Å². The molecule has 0 N–H and O–H groups in total. The largest absolute Gasteiger partial charge is 0.293 e. The maximum Gasteiger partial charge on any atom is 0.174 e. The van der Waals surface area contributed by atoms with Gasteiger partial charge < -0.3 is 0 Å². The van der Waals surface area contributed by atoms with E-state index < -0.39 is 0 Å². The third-order valence-electron chi connectivity index (χ3n) is 2.27. The van der Waals surface area contributed by atoms with Crippen molar-refractivity contribution < 1.29 is 4.79 Å². The van der Waals surface area contributed by atoms with Crippen LogP contribution in [-0.2, 0) is 0 Å². The Bertz CT molecular complexity index is 522. The molecule has 3 heteroatoms. The number of hydrogen-bond acceptors (Lipinski definition) is 2. The van der Waals surface area contributed by atoms with Crippen molar-refractivity contribution in [2.75, 3.05) is 5.33 Å². The minimum atomic E-state index is 0.0942. The second-order valence-corrected chi connectivity index (χ2v) is 3.95. The van der Waals surface area contributed by atoms with Crippen LogP contribution in [0.5, 0.6) is 0 Å². The second kappa shape index (κ2) is 4.11. The van der Waals surface area contributed by atoms with Gasteiger partial charge in [0.15, 0.2) is 5.78 Å². The average Bonchev–Trinajstić information content (AvgIpc) is 2.26. The first-order valence-electron chi connectivity index (χ1n) is 4.68. The molecule has 76 valence electrons. The summed E-state index contributed by atoms with van der Waals surface area (Å²) >= 11 is 3.19. The van der Waals surface area contributed by atoms with Crippen LogP contribution in [0.15, 0.2) is 30.3 Å². The topological polar surface area (TPSA) is 30.0 Å². The quantitative estimate of drug-likeness (QED) is 0.616. The summed E-state index contributed by atoms with van der Waals surface area (Å²) < 4.78 is 0. The van der Waals surface area contributed by atoms with E-state index in [0.29, 0.717) is 5.33 Å². The summed E-state index contributed by atoms with van der Waals surface area (Å²) in [6.45, 7) is 1.90. The first-order valence-corrected chi connectivity index (χ1v) is 5.80. The summed E-state index contributed by atoms with van der Waals surface area (Å²) in [4.78, 5) is 16.1. The Morgan fingerprint density at radius 2 is 2.13 bits per heavy atom. The van der Waals surface area contributed by atoms with E-state index in [0.717, 1.165) is 22.2 Å². The molecule has 15 heavy (non-hydrogen) atoms. The number of benzene rings is 1. The van der Waals surface area contributed by atoms with Crippen LogP contribution in [0.1, 0.15) is 16.1 Å². The number of Topliss-reactive ketones (excluding diaryl/α,β-unsaturated/α-hetero) is 1. The minimum Gasteiger partial charge on any atom is -0.293 e. The number of carbonyl (C=O) groups is 1. The number of rotatable bonds is 2. The molecule has 0 aliphatic heterocycles. The van der Waals surface area contributed by atoms with E-state index >= 15 is 0 Å². The molecule has 2 rings (SSSR count). The number of aryl methyl sites for hydroxylation is 1. The van der Waals surface area contributed by atoms with Gasteiger partial charge in [-0.1, -0.05) is 34.1 Å². The molecule has 0 radical (unpaired) electrons. The van der Waals surface area contributed by atoms with E-state index in [4.69, 9.17) is 0 Å². The fourth-order valence-corrected chi connectivity index (χ4v) is 1.91. The van der Waals surface area contributed by atoms with Crippen molar-refractivity contribution in [2.24, 2.45) is 0 Å². The molecule has 2 aromatic rings. The van der Waals surface area contributed by atoms with Gasteiger partial charge in [-0.25, -0.2) is 0 Å². The van der Waals surface area contributed by atoms with Gasteiger partial charge in [0.1, 0.15) is 0 Å². The highest BCUT2D eigenvalue weighted by Gasteiger charge is 2.09. The van der Waals surface area contributed by atoms with E-state index in [1.165, 1.54) is 0 Å². The van der Waals surface area contributed by atoms with Gasteiger partial charge in [0.05, 0.1) is 10.8 Å². The number of fused-ring (bicyclic) bond motifs is 1. The zero-order valence-electron chi connectivity index (χ0n) is 8.33. The fourth-order valence-electron chi connectivity index (χ4n) is 1.61. The van der Waals surface area contributed by atoms with E-state index in [-0.39, 0.29) is 5.78 Å². The number of pyridine rings is 1. The molecule has 1 aromatic heterocycles. The van der Waals surface area contributed by atoms with Crippen molar-refractivity contribution in [1.29, 1.82) is 0 Å². The molecule has 1 heterocycles. The number of carbonyl (C=O) groups excluding carboxylic acids is 1. The summed E-state index contributed by atoms with van der Waals surface area (Å²) in [6.07, 6.45) is 0. The molecule has 0 aliphatic rings. The molecular formula is C12H10BrNO. The lowest BCUT2D eigenvalue weighted by atomic mass is 10.1. The monoisotopic (exact) mass is 263 g/mol. The maximum atomic E-state index is 11.7. The third-order valence-corrected chi connectivity index (χ3v) is 2.78. The van der Waals surface area contributed by atoms with Crippen molar-refractivity contribution >= 4 is 32.6 Å². The van der Waals surface area contributed by atoms with Crippen LogP contribution < -0.4 is 0 Å². The summed E-state index contributed by atoms with van der Waals surface area (Å²) in [5.41, 5.74) is 2.50. The first-order chi connectivity index (χ1) is 7.22. The van der Waals surface area contributed by atoms with Gasteiger partial charge in [-0.05, 0) is 19.1 Å². The molecule has 0 spiro atoms. The predicted molar refractivity (Wildman–Crippen MR) is 64.6 cm³/mol. The fraction of sp³-hybridized carbons (Fsp3) is 0.167. The maximum absolute atomic E-state index is 11.7. The highest BCUT2D eigenvalue weighted by Crippen LogP contribution is 2.19. The average molecular weight is 264 g/mol. The van der Waals surface area contributed by atoms with Crippen molar-refractivity contribution in [3.05, 3.63) is 41.6 Å². The number of alkyl halides is 1. The normalized spacial score (nSPS) is 10.5. The van der Waals surface area contributed by atoms with Gasteiger partial charge in [-0.15, -0.1) is 0 Å². The number of para-hydroxylation sites is 1. The van der Waals surface area contributed by atoms with E-state index in [9.17, 15) is 4.79 Å². The van der Waals surface area contributed by atoms with E-state index in [2.05, 4.69) is 20.9 Å². The predicted octanol–water partition coefficient (Wildman–Crippen LogP) is 3.12. The Balaban J connectivity index is 2.76. The summed E-state index contributed by atoms with van der Waals surface area (Å²) in [6, 6.07) is 9.54. The Kier molecular flexibility index (Phi) is 2.82. The SMILES string of the molecule is Cc1cc(C(=O)CBr)c2ccccc2n1. The molecule has 0 aliphatic carbocycles. The lowest BCUT2D eigenvalue weighted by Crippen LogP contribution is -2.02. The molecule has 0 fully saturated rings. The molecule has 0 atom stereocenters. The standard InChI is InChI=1S/C12H10BrNO/c1-8-6-10(12(15)7-13)9-4-2-3-5-11(9)14-8/h2-6H,7H2,1H3. The van der Waals surface area contributed by atoms with Crippen LogP contribution in [0.25, 0.3) is 10.9 Å². The highest BCUT2D eigenvalue weighted by atomic mass is 79.9. The molecule has 2 nitrogen and oxygen atoms in total. The lowest BCUT2D eigenvalue weighted by Gasteiger charge is -2.04. The number of ketones is 1. The molecular weight excluding hydrogens is 254 g/mol. The van der Waals surface area contributed by atoms with Crippen LogP contribution >= 0.6 is 15.9 Å². The molecule has 0 saturated carbocycles. The van der Waals surface area contributed by atoms with Crippen molar-refractivity contribution in [2.45, 2.75) is 6.92 Å². The number of halogens is 1. The molecule has 0 unspecified atom stereocenters. The van der Waals surface area contributed by atoms with Crippen LogP contribution in [-0.4, -0.2) is 16.1 Å². The Hall–Kier alpha value is -1.22. The molecule has 0 bridgehead atoms. The first kappa shape index (κ1) is 10.3. The van der Waals surface area contributed by atoms with Crippen molar-refractivity contribution in [3.63, 3.8) is 0 Å². The Morgan fingerprint density at radius 3 is 2.87 bits per heavy atom. The minimum absolute atomic E-state index is 0.0942. The van der Waals surface area contributed by atoms with E-state index in [1.54, 1.807) is 0 Å². The highest BCUT2D eigenvalue weighted by molar-refractivity contribution is 9.09. The van der Waals surface area contributed by atoms with Crippen molar-refractivity contribution in [3.8, 4) is 0 Å². The number of nitrogens with zero attached hydrogens (tertiary/aromatic N) is 1. The zero-order valence-corrected chi connectivity index (χ0v) is 9.91. The van der Waals surface area contributed by atoms with Crippen molar-refractivity contribution in [1.82, 2.24) is 4.98 Å². The number of hydrogen-bond donors (Lipinski definition) is 0. The van der Waals surface area contributed by atoms with Crippen LogP contribution in [0, 0.1) is 6.92 Å². The van der Waals surface area contributed by atoms with Crippen LogP contribution in [0.2, 0.25) is 0 Å². The number of aromatic nitrogens is 1. The smallest absolute Gasteiger partial charge is 0.174 e. The van der Waals surface area contributed by atoms with Crippen LogP contribution in [0.4, 0.5) is 0 Å². The summed E-state index contributed by atoms with van der Waals surface area (Å²) in [7, 11) is 0. The van der Waals surface area contributed by atoms with Crippen LogP contribution in [0.3, 0.4) is 0 Å². The molecule has 0 amide bonds. The lowest BCUT2D eigenvalue weighted by molar-refractivity contribution is 0.102. The van der Waals surface area contributed by atoms with Gasteiger partial charge >= 0.3 is 0 Å². The van der Waals surface area contributed by atoms with E-state index in [1.807, 2.05) is 37.3 Å². The zero-order chi connectivity index (χ0) is 10.8. The van der Waals surface area contributed by atoms with Gasteiger partial charge in [-0.3, -0.25) is 9.78 Å². The second-order valence-electron chi connectivity index (χ2n) is 3.39.